The number of hydrogen-bond acceptors (Lipinski definition) is 4. The van der Waals surface area contributed by atoms with Gasteiger partial charge in [-0.05, 0) is 26.0 Å². The summed E-state index contributed by atoms with van der Waals surface area (Å²) in [6, 6.07) is 8.05. The van der Waals surface area contributed by atoms with E-state index in [0.717, 1.165) is 16.9 Å². The lowest BCUT2D eigenvalue weighted by Crippen LogP contribution is -2.37. The summed E-state index contributed by atoms with van der Waals surface area (Å²) >= 11 is 1.68. The zero-order valence-electron chi connectivity index (χ0n) is 12.0. The van der Waals surface area contributed by atoms with Gasteiger partial charge in [0.25, 0.3) is 0 Å². The molecule has 2 aromatic rings. The predicted molar refractivity (Wildman–Crippen MR) is 93.7 cm³/mol. The van der Waals surface area contributed by atoms with E-state index in [1.165, 1.54) is 4.70 Å². The number of nitrogens with zero attached hydrogens (tertiary/aromatic N) is 1. The van der Waals surface area contributed by atoms with Crippen LogP contribution in [0.4, 0.5) is 0 Å². The van der Waals surface area contributed by atoms with E-state index >= 15 is 0 Å². The van der Waals surface area contributed by atoms with E-state index in [-0.39, 0.29) is 42.8 Å². The van der Waals surface area contributed by atoms with Gasteiger partial charge in [0, 0.05) is 24.9 Å². The SMILES string of the molecule is CC(N)CC(=O)NC(C)Cc1nc2ccccc2s1.Cl.Cl. The summed E-state index contributed by atoms with van der Waals surface area (Å²) in [6.45, 7) is 3.82. The second kappa shape index (κ2) is 9.20. The van der Waals surface area contributed by atoms with Crippen molar-refractivity contribution in [1.82, 2.24) is 10.3 Å². The van der Waals surface area contributed by atoms with Crippen LogP contribution in [0.25, 0.3) is 10.2 Å². The summed E-state index contributed by atoms with van der Waals surface area (Å²) in [5.41, 5.74) is 6.63. The van der Waals surface area contributed by atoms with Crippen LogP contribution in [0, 0.1) is 0 Å². The van der Waals surface area contributed by atoms with Gasteiger partial charge in [-0.15, -0.1) is 36.2 Å². The van der Waals surface area contributed by atoms with Gasteiger partial charge >= 0.3 is 0 Å². The fourth-order valence-corrected chi connectivity index (χ4v) is 3.04. The van der Waals surface area contributed by atoms with Gasteiger partial charge in [0.05, 0.1) is 15.2 Å². The smallest absolute Gasteiger partial charge is 0.221 e. The first-order chi connectivity index (χ1) is 9.04. The molecule has 1 heterocycles. The molecule has 0 aliphatic rings. The highest BCUT2D eigenvalue weighted by Gasteiger charge is 2.12. The van der Waals surface area contributed by atoms with Crippen molar-refractivity contribution in [2.75, 3.05) is 0 Å². The molecule has 0 spiro atoms. The Labute approximate surface area is 141 Å². The molecule has 0 radical (unpaired) electrons. The molecule has 0 aliphatic carbocycles. The Hall–Kier alpha value is -0.880. The Morgan fingerprint density at radius 1 is 1.33 bits per heavy atom. The van der Waals surface area contributed by atoms with Gasteiger partial charge in [-0.2, -0.15) is 0 Å². The normalized spacial score (nSPS) is 12.9. The number of benzene rings is 1. The van der Waals surface area contributed by atoms with Crippen LogP contribution in [0.2, 0.25) is 0 Å². The first-order valence-corrected chi connectivity index (χ1v) is 7.25. The van der Waals surface area contributed by atoms with Gasteiger partial charge in [-0.25, -0.2) is 4.98 Å². The van der Waals surface area contributed by atoms with Gasteiger partial charge in [0.15, 0.2) is 0 Å². The van der Waals surface area contributed by atoms with Crippen LogP contribution in [0.3, 0.4) is 0 Å². The number of aromatic nitrogens is 1. The minimum absolute atomic E-state index is 0. The molecule has 21 heavy (non-hydrogen) atoms. The number of hydrogen-bond donors (Lipinski definition) is 2. The highest BCUT2D eigenvalue weighted by Crippen LogP contribution is 2.22. The number of carbonyl (C=O) groups excluding carboxylic acids is 1. The van der Waals surface area contributed by atoms with Crippen molar-refractivity contribution >= 4 is 52.3 Å². The van der Waals surface area contributed by atoms with Crippen molar-refractivity contribution in [3.8, 4) is 0 Å². The Kier molecular flexibility index (Phi) is 8.82. The van der Waals surface area contributed by atoms with Gasteiger partial charge in [0.2, 0.25) is 5.91 Å². The van der Waals surface area contributed by atoms with Gasteiger partial charge in [-0.1, -0.05) is 12.1 Å². The molecule has 1 aromatic heterocycles. The summed E-state index contributed by atoms with van der Waals surface area (Å²) < 4.78 is 1.19. The molecule has 3 N–H and O–H groups in total. The number of amides is 1. The Morgan fingerprint density at radius 3 is 2.62 bits per heavy atom. The zero-order chi connectivity index (χ0) is 13.8. The number of fused-ring (bicyclic) bond motifs is 1. The minimum atomic E-state index is -0.102. The fourth-order valence-electron chi connectivity index (χ4n) is 1.95. The highest BCUT2D eigenvalue weighted by atomic mass is 35.5. The summed E-state index contributed by atoms with van der Waals surface area (Å²) in [7, 11) is 0. The number of thiazole rings is 1. The van der Waals surface area contributed by atoms with E-state index in [9.17, 15) is 4.79 Å². The third-order valence-corrected chi connectivity index (χ3v) is 3.79. The van der Waals surface area contributed by atoms with Crippen molar-refractivity contribution in [3.05, 3.63) is 29.3 Å². The number of rotatable bonds is 5. The zero-order valence-corrected chi connectivity index (χ0v) is 14.5. The first-order valence-electron chi connectivity index (χ1n) is 6.44. The number of carbonyl (C=O) groups is 1. The van der Waals surface area contributed by atoms with Gasteiger partial charge < -0.3 is 11.1 Å². The topological polar surface area (TPSA) is 68.0 Å². The van der Waals surface area contributed by atoms with Crippen LogP contribution in [0.1, 0.15) is 25.3 Å². The minimum Gasteiger partial charge on any atom is -0.353 e. The standard InChI is InChI=1S/C14H19N3OS.2ClH/c1-9(15)7-13(18)16-10(2)8-14-17-11-5-3-4-6-12(11)19-14;;/h3-6,9-10H,7-8,15H2,1-2H3,(H,16,18);2*1H. The van der Waals surface area contributed by atoms with Crippen molar-refractivity contribution < 1.29 is 4.79 Å². The van der Waals surface area contributed by atoms with Crippen LogP contribution in [-0.2, 0) is 11.2 Å². The molecule has 1 amide bonds. The molecule has 118 valence electrons. The molecule has 2 rings (SSSR count). The van der Waals surface area contributed by atoms with Crippen LogP contribution >= 0.6 is 36.2 Å². The maximum atomic E-state index is 11.6. The number of halogens is 2. The second-order valence-electron chi connectivity index (χ2n) is 4.93. The van der Waals surface area contributed by atoms with Gasteiger partial charge in [-0.3, -0.25) is 4.79 Å². The molecule has 0 bridgehead atoms. The Morgan fingerprint density at radius 2 is 2.00 bits per heavy atom. The van der Waals surface area contributed by atoms with E-state index in [0.29, 0.717) is 6.42 Å². The molecule has 0 saturated heterocycles. The molecule has 7 heteroatoms. The predicted octanol–water partition coefficient (Wildman–Crippen LogP) is 2.92. The average molecular weight is 350 g/mol. The molecule has 0 saturated carbocycles. The van der Waals surface area contributed by atoms with Crippen LogP contribution < -0.4 is 11.1 Å². The fraction of sp³-hybridized carbons (Fsp3) is 0.429. The summed E-state index contributed by atoms with van der Waals surface area (Å²) in [5.74, 6) is 0.00334. The molecule has 2 atom stereocenters. The van der Waals surface area contributed by atoms with E-state index in [1.807, 2.05) is 32.0 Å². The van der Waals surface area contributed by atoms with Crippen LogP contribution in [0.5, 0.6) is 0 Å². The molecular formula is C14H21Cl2N3OS. The van der Waals surface area contributed by atoms with Crippen LogP contribution in [-0.4, -0.2) is 23.0 Å². The molecule has 4 nitrogen and oxygen atoms in total. The number of para-hydroxylation sites is 1. The molecule has 0 aliphatic heterocycles. The largest absolute Gasteiger partial charge is 0.353 e. The third kappa shape index (κ3) is 6.18. The molecule has 1 aromatic carbocycles. The monoisotopic (exact) mass is 349 g/mol. The summed E-state index contributed by atoms with van der Waals surface area (Å²) in [4.78, 5) is 16.2. The molecule has 0 fully saturated rings. The highest BCUT2D eigenvalue weighted by molar-refractivity contribution is 7.18. The average Bonchev–Trinajstić information content (AvgIpc) is 2.68. The Bertz CT molecular complexity index is 541. The van der Waals surface area contributed by atoms with Crippen LogP contribution in [0.15, 0.2) is 24.3 Å². The lowest BCUT2D eigenvalue weighted by Gasteiger charge is -2.13. The number of nitrogens with one attached hydrogen (secondary N) is 1. The van der Waals surface area contributed by atoms with E-state index < -0.39 is 0 Å². The summed E-state index contributed by atoms with van der Waals surface area (Å²) in [6.07, 6.45) is 1.12. The third-order valence-electron chi connectivity index (χ3n) is 2.73. The van der Waals surface area contributed by atoms with Crippen molar-refractivity contribution in [3.63, 3.8) is 0 Å². The lowest BCUT2D eigenvalue weighted by atomic mass is 10.2. The second-order valence-corrected chi connectivity index (χ2v) is 6.04. The van der Waals surface area contributed by atoms with Gasteiger partial charge in [0.1, 0.15) is 0 Å². The van der Waals surface area contributed by atoms with Crippen molar-refractivity contribution in [1.29, 1.82) is 0 Å². The Balaban J connectivity index is 0.00000200. The van der Waals surface area contributed by atoms with E-state index in [4.69, 9.17) is 5.73 Å². The van der Waals surface area contributed by atoms with E-state index in [2.05, 4.69) is 16.4 Å². The summed E-state index contributed by atoms with van der Waals surface area (Å²) in [5, 5.41) is 4.00. The quantitative estimate of drug-likeness (QED) is 0.871. The van der Waals surface area contributed by atoms with Crippen molar-refractivity contribution in [2.45, 2.75) is 38.8 Å². The number of nitrogens with two attached hydrogens (primary N) is 1. The maximum absolute atomic E-state index is 11.6. The molecular weight excluding hydrogens is 329 g/mol. The first kappa shape index (κ1) is 20.1. The maximum Gasteiger partial charge on any atom is 0.221 e. The van der Waals surface area contributed by atoms with Crippen molar-refractivity contribution in [2.24, 2.45) is 5.73 Å². The molecule has 2 unspecified atom stereocenters. The van der Waals surface area contributed by atoms with E-state index in [1.54, 1.807) is 11.3 Å². The lowest BCUT2D eigenvalue weighted by molar-refractivity contribution is -0.121.